The lowest BCUT2D eigenvalue weighted by atomic mass is 9.86. The first-order chi connectivity index (χ1) is 27.8. The summed E-state index contributed by atoms with van der Waals surface area (Å²) in [6, 6.07) is 73.0. The Bertz CT molecular complexity index is 3030. The molecule has 0 bridgehead atoms. The summed E-state index contributed by atoms with van der Waals surface area (Å²) < 4.78 is 4.91. The van der Waals surface area contributed by atoms with E-state index < -0.39 is 0 Å². The predicted molar refractivity (Wildman–Crippen MR) is 236 cm³/mol. The Labute approximate surface area is 326 Å². The van der Waals surface area contributed by atoms with Gasteiger partial charge in [0.2, 0.25) is 0 Å². The SMILES string of the molecule is C1=CC(c2ccc3c(c2)c2ccccc2n3-c2cccc(-c3ccccc3)c2)Cc2c1n(-c1cc(-c3ccccc3)cc(-c3ccccc3)c1)c1ccccc21. The summed E-state index contributed by atoms with van der Waals surface area (Å²) in [6.45, 7) is 0. The van der Waals surface area contributed by atoms with Crippen LogP contribution in [0.4, 0.5) is 0 Å². The average Bonchev–Trinajstić information content (AvgIpc) is 3.79. The maximum Gasteiger partial charge on any atom is 0.0541 e. The van der Waals surface area contributed by atoms with Gasteiger partial charge in [0, 0.05) is 39.1 Å². The molecule has 8 aromatic carbocycles. The molecular weight excluding hydrogens is 677 g/mol. The van der Waals surface area contributed by atoms with Crippen molar-refractivity contribution in [1.82, 2.24) is 9.13 Å². The van der Waals surface area contributed by atoms with Gasteiger partial charge in [-0.3, -0.25) is 0 Å². The van der Waals surface area contributed by atoms with Crippen molar-refractivity contribution >= 4 is 38.8 Å². The maximum atomic E-state index is 2.48. The molecule has 2 nitrogen and oxygen atoms in total. The summed E-state index contributed by atoms with van der Waals surface area (Å²) in [7, 11) is 0. The molecule has 11 rings (SSSR count). The molecule has 0 aliphatic heterocycles. The van der Waals surface area contributed by atoms with E-state index >= 15 is 0 Å². The average molecular weight is 715 g/mol. The standard InChI is InChI=1S/C54H38N2/c1-4-15-37(16-5-1)40-21-14-22-45(32-40)55-51-25-12-10-23-47(51)49-35-41(27-29-53(49)55)42-28-30-54-50(36-42)48-24-11-13-26-52(48)56(54)46-33-43(38-17-6-2-7-18-38)31-44(34-46)39-19-8-3-9-20-39/h1-35,42H,36H2. The molecule has 1 atom stereocenters. The lowest BCUT2D eigenvalue weighted by Gasteiger charge is -2.20. The topological polar surface area (TPSA) is 9.86 Å². The Morgan fingerprint density at radius 3 is 1.57 bits per heavy atom. The molecular formula is C54H38N2. The number of hydrogen-bond donors (Lipinski definition) is 0. The van der Waals surface area contributed by atoms with Gasteiger partial charge in [-0.1, -0.05) is 152 Å². The molecule has 1 unspecified atom stereocenters. The van der Waals surface area contributed by atoms with Crippen molar-refractivity contribution in [2.45, 2.75) is 12.3 Å². The van der Waals surface area contributed by atoms with E-state index in [1.807, 2.05) is 0 Å². The number of hydrogen-bond acceptors (Lipinski definition) is 0. The summed E-state index contributed by atoms with van der Waals surface area (Å²) in [5, 5.41) is 3.88. The number of nitrogens with zero attached hydrogens (tertiary/aromatic N) is 2. The van der Waals surface area contributed by atoms with Crippen LogP contribution in [0.1, 0.15) is 22.7 Å². The molecule has 2 aromatic heterocycles. The minimum Gasteiger partial charge on any atom is -0.310 e. The largest absolute Gasteiger partial charge is 0.310 e. The molecule has 0 saturated carbocycles. The van der Waals surface area contributed by atoms with E-state index in [0.717, 1.165) is 6.42 Å². The first-order valence-corrected chi connectivity index (χ1v) is 19.5. The molecule has 56 heavy (non-hydrogen) atoms. The molecule has 1 aliphatic rings. The maximum absolute atomic E-state index is 2.48. The second-order valence-electron chi connectivity index (χ2n) is 14.9. The van der Waals surface area contributed by atoms with E-state index in [-0.39, 0.29) is 5.92 Å². The van der Waals surface area contributed by atoms with Crippen molar-refractivity contribution in [2.24, 2.45) is 0 Å². The van der Waals surface area contributed by atoms with E-state index in [2.05, 4.69) is 221 Å². The molecule has 0 radical (unpaired) electrons. The number of aromatic nitrogens is 2. The van der Waals surface area contributed by atoms with E-state index in [4.69, 9.17) is 0 Å². The van der Waals surface area contributed by atoms with E-state index in [0.29, 0.717) is 0 Å². The van der Waals surface area contributed by atoms with Crippen LogP contribution in [0, 0.1) is 0 Å². The highest BCUT2D eigenvalue weighted by Gasteiger charge is 2.25. The third-order valence-electron chi connectivity index (χ3n) is 11.7. The van der Waals surface area contributed by atoms with Crippen LogP contribution in [0.25, 0.3) is 83.5 Å². The van der Waals surface area contributed by atoms with Gasteiger partial charge < -0.3 is 9.13 Å². The minimum atomic E-state index is 0.255. The van der Waals surface area contributed by atoms with Crippen LogP contribution in [0.3, 0.4) is 0 Å². The quantitative estimate of drug-likeness (QED) is 0.162. The van der Waals surface area contributed by atoms with Crippen molar-refractivity contribution in [3.8, 4) is 44.8 Å². The van der Waals surface area contributed by atoms with Crippen molar-refractivity contribution in [2.75, 3.05) is 0 Å². The molecule has 0 amide bonds. The van der Waals surface area contributed by atoms with Crippen molar-refractivity contribution in [1.29, 1.82) is 0 Å². The third kappa shape index (κ3) is 5.41. The Morgan fingerprint density at radius 2 is 0.893 bits per heavy atom. The normalized spacial score (nSPS) is 13.8. The van der Waals surface area contributed by atoms with Crippen molar-refractivity contribution in [3.63, 3.8) is 0 Å². The van der Waals surface area contributed by atoms with E-state index in [9.17, 15) is 0 Å². The van der Waals surface area contributed by atoms with Crippen molar-refractivity contribution < 1.29 is 0 Å². The van der Waals surface area contributed by atoms with Crippen molar-refractivity contribution in [3.05, 3.63) is 223 Å². The zero-order chi connectivity index (χ0) is 37.0. The summed E-state index contributed by atoms with van der Waals surface area (Å²) in [4.78, 5) is 0. The van der Waals surface area contributed by atoms with Crippen LogP contribution in [-0.2, 0) is 6.42 Å². The molecule has 264 valence electrons. The number of rotatable bonds is 6. The van der Waals surface area contributed by atoms with E-state index in [1.54, 1.807) is 0 Å². The van der Waals surface area contributed by atoms with Gasteiger partial charge in [0.05, 0.1) is 16.6 Å². The molecule has 0 fully saturated rings. The highest BCUT2D eigenvalue weighted by molar-refractivity contribution is 6.09. The third-order valence-corrected chi connectivity index (χ3v) is 11.7. The molecule has 2 heteroatoms. The number of para-hydroxylation sites is 2. The summed E-state index contributed by atoms with van der Waals surface area (Å²) in [6.07, 6.45) is 5.75. The molecule has 10 aromatic rings. The molecule has 0 saturated heterocycles. The first kappa shape index (κ1) is 32.3. The fourth-order valence-electron chi connectivity index (χ4n) is 9.01. The van der Waals surface area contributed by atoms with Gasteiger partial charge in [0.25, 0.3) is 0 Å². The monoisotopic (exact) mass is 714 g/mol. The number of fused-ring (bicyclic) bond motifs is 6. The second-order valence-corrected chi connectivity index (χ2v) is 14.9. The zero-order valence-corrected chi connectivity index (χ0v) is 30.9. The smallest absolute Gasteiger partial charge is 0.0541 e. The van der Waals surface area contributed by atoms with Gasteiger partial charge in [-0.25, -0.2) is 0 Å². The van der Waals surface area contributed by atoms with Gasteiger partial charge in [0.15, 0.2) is 0 Å². The molecule has 0 N–H and O–H groups in total. The van der Waals surface area contributed by atoms with Crippen LogP contribution < -0.4 is 0 Å². The van der Waals surface area contributed by atoms with Crippen LogP contribution >= 0.6 is 0 Å². The molecule has 1 aliphatic carbocycles. The van der Waals surface area contributed by atoms with Crippen LogP contribution in [0.2, 0.25) is 0 Å². The summed E-state index contributed by atoms with van der Waals surface area (Å²) in [5.41, 5.74) is 17.4. The minimum absolute atomic E-state index is 0.255. The van der Waals surface area contributed by atoms with Crippen LogP contribution in [-0.4, -0.2) is 9.13 Å². The highest BCUT2D eigenvalue weighted by atomic mass is 15.0. The fourth-order valence-corrected chi connectivity index (χ4v) is 9.01. The Hall–Kier alpha value is -7.16. The van der Waals surface area contributed by atoms with Crippen LogP contribution in [0.5, 0.6) is 0 Å². The number of benzene rings is 8. The lowest BCUT2D eigenvalue weighted by Crippen LogP contribution is -2.07. The van der Waals surface area contributed by atoms with Gasteiger partial charge in [-0.15, -0.1) is 0 Å². The molecule has 2 heterocycles. The Balaban J connectivity index is 1.02. The highest BCUT2D eigenvalue weighted by Crippen LogP contribution is 2.42. The van der Waals surface area contributed by atoms with Gasteiger partial charge in [-0.2, -0.15) is 0 Å². The predicted octanol–water partition coefficient (Wildman–Crippen LogP) is 14.1. The number of allylic oxidation sites excluding steroid dienone is 1. The fraction of sp³-hybridized carbons (Fsp3) is 0.0370. The van der Waals surface area contributed by atoms with Gasteiger partial charge >= 0.3 is 0 Å². The first-order valence-electron chi connectivity index (χ1n) is 19.5. The molecule has 0 spiro atoms. The summed E-state index contributed by atoms with van der Waals surface area (Å²) >= 11 is 0. The Kier molecular flexibility index (Phi) is 7.67. The van der Waals surface area contributed by atoms with Gasteiger partial charge in [-0.05, 0) is 112 Å². The van der Waals surface area contributed by atoms with Gasteiger partial charge in [0.1, 0.15) is 0 Å². The van der Waals surface area contributed by atoms with Crippen LogP contribution in [0.15, 0.2) is 206 Å². The van der Waals surface area contributed by atoms with E-state index in [1.165, 1.54) is 94.3 Å². The Morgan fingerprint density at radius 1 is 0.357 bits per heavy atom. The second kappa shape index (κ2) is 13.3. The summed E-state index contributed by atoms with van der Waals surface area (Å²) in [5.74, 6) is 0.255. The zero-order valence-electron chi connectivity index (χ0n) is 30.9. The lowest BCUT2D eigenvalue weighted by molar-refractivity contribution is 0.826.